The maximum Gasteiger partial charge on any atom is 0.292 e. The second-order valence-corrected chi connectivity index (χ2v) is 8.79. The minimum atomic E-state index is -0.746. The van der Waals surface area contributed by atoms with Gasteiger partial charge in [-0.05, 0) is 69.3 Å². The Balaban J connectivity index is 1.68. The number of carbonyl (C=O) groups is 2. The van der Waals surface area contributed by atoms with Crippen LogP contribution in [0.15, 0.2) is 12.1 Å². The summed E-state index contributed by atoms with van der Waals surface area (Å²) in [6, 6.07) is 2.51. The molecular weight excluding hydrogens is 399 g/mol. The fourth-order valence-corrected chi connectivity index (χ4v) is 4.23. The minimum absolute atomic E-state index is 0.00867. The van der Waals surface area contributed by atoms with E-state index >= 15 is 0 Å². The molecular formula is C24H35FN2O4. The van der Waals surface area contributed by atoms with Gasteiger partial charge in [0.1, 0.15) is 0 Å². The maximum atomic E-state index is 14.8. The van der Waals surface area contributed by atoms with Gasteiger partial charge in [0.05, 0.1) is 13.2 Å². The van der Waals surface area contributed by atoms with Crippen molar-refractivity contribution in [2.45, 2.75) is 58.8 Å². The molecule has 3 fully saturated rings. The number of ether oxygens (including phenoxy) is 2. The van der Waals surface area contributed by atoms with Gasteiger partial charge in [-0.2, -0.15) is 0 Å². The summed E-state index contributed by atoms with van der Waals surface area (Å²) in [6.07, 6.45) is 6.55. The molecule has 3 aliphatic rings. The van der Waals surface area contributed by atoms with E-state index in [2.05, 4.69) is 10.2 Å². The maximum absolute atomic E-state index is 14.8. The number of benzene rings is 1. The zero-order chi connectivity index (χ0) is 22.3. The van der Waals surface area contributed by atoms with Gasteiger partial charge in [-0.25, -0.2) is 4.39 Å². The molecule has 31 heavy (non-hydrogen) atoms. The Bertz CT molecular complexity index is 761. The van der Waals surface area contributed by atoms with Gasteiger partial charge in [-0.3, -0.25) is 9.59 Å². The fraction of sp³-hybridized carbons (Fsp3) is 0.667. The third kappa shape index (κ3) is 5.97. The molecule has 0 spiro atoms. The lowest BCUT2D eigenvalue weighted by atomic mass is 9.72. The lowest BCUT2D eigenvalue weighted by Crippen LogP contribution is -2.53. The van der Waals surface area contributed by atoms with Crippen molar-refractivity contribution in [1.82, 2.24) is 10.2 Å². The zero-order valence-corrected chi connectivity index (χ0v) is 18.8. The number of ketones is 1. The zero-order valence-electron chi connectivity index (χ0n) is 18.8. The molecule has 6 nitrogen and oxygen atoms in total. The molecule has 172 valence electrons. The predicted molar refractivity (Wildman–Crippen MR) is 117 cm³/mol. The summed E-state index contributed by atoms with van der Waals surface area (Å²) in [6.45, 7) is 8.45. The lowest BCUT2D eigenvalue weighted by Gasteiger charge is -2.48. The van der Waals surface area contributed by atoms with E-state index < -0.39 is 17.5 Å². The standard InChI is InChI=1S/C24H35FN2O4/c1-3-5-13-30-20-16-18(15-19(25)22(20)31-14-6-4-2)21(28)23(29)26-17-24-7-10-27(11-8-24)12-9-24/h15-16H,3-14,17H2,1-2H3,(H,26,29). The molecule has 0 radical (unpaired) electrons. The highest BCUT2D eigenvalue weighted by Gasteiger charge is 2.39. The van der Waals surface area contributed by atoms with Gasteiger partial charge in [0, 0.05) is 12.1 Å². The second-order valence-electron chi connectivity index (χ2n) is 8.79. The molecule has 7 heteroatoms. The van der Waals surface area contributed by atoms with Crippen LogP contribution in [-0.4, -0.2) is 56.0 Å². The van der Waals surface area contributed by atoms with Crippen molar-refractivity contribution in [3.05, 3.63) is 23.5 Å². The molecule has 4 rings (SSSR count). The minimum Gasteiger partial charge on any atom is -0.490 e. The number of amides is 1. The first kappa shape index (κ1) is 23.5. The Kier molecular flexibility index (Phi) is 8.29. The Morgan fingerprint density at radius 3 is 2.26 bits per heavy atom. The van der Waals surface area contributed by atoms with Gasteiger partial charge in [-0.15, -0.1) is 0 Å². The first-order chi connectivity index (χ1) is 15.0. The number of nitrogens with one attached hydrogen (secondary N) is 1. The number of unbranched alkanes of at least 4 members (excludes halogenated alkanes) is 2. The quantitative estimate of drug-likeness (QED) is 0.306. The molecule has 1 aromatic rings. The fourth-order valence-electron chi connectivity index (χ4n) is 4.23. The number of nitrogens with zero attached hydrogens (tertiary/aromatic N) is 1. The molecule has 3 heterocycles. The summed E-state index contributed by atoms with van der Waals surface area (Å²) >= 11 is 0. The Morgan fingerprint density at radius 2 is 1.65 bits per heavy atom. The van der Waals surface area contributed by atoms with Crippen LogP contribution in [0, 0.1) is 11.2 Å². The lowest BCUT2D eigenvalue weighted by molar-refractivity contribution is -0.118. The van der Waals surface area contributed by atoms with Gasteiger partial charge in [0.15, 0.2) is 17.3 Å². The number of hydrogen-bond acceptors (Lipinski definition) is 5. The summed E-state index contributed by atoms with van der Waals surface area (Å²) in [5.74, 6) is -1.93. The molecule has 1 aromatic carbocycles. The summed E-state index contributed by atoms with van der Waals surface area (Å²) in [5, 5.41) is 2.81. The van der Waals surface area contributed by atoms with Gasteiger partial charge in [0.25, 0.3) is 5.91 Å². The number of Topliss-reactive ketones (excluding diaryl/α,β-unsaturated/α-hetero) is 1. The van der Waals surface area contributed by atoms with Crippen molar-refractivity contribution in [3.63, 3.8) is 0 Å². The summed E-state index contributed by atoms with van der Waals surface area (Å²) in [5.41, 5.74) is 0.0711. The van der Waals surface area contributed by atoms with Crippen molar-refractivity contribution in [3.8, 4) is 11.5 Å². The summed E-state index contributed by atoms with van der Waals surface area (Å²) in [4.78, 5) is 27.7. The molecule has 1 amide bonds. The van der Waals surface area contributed by atoms with Crippen LogP contribution in [0.4, 0.5) is 4.39 Å². The van der Waals surface area contributed by atoms with Gasteiger partial charge >= 0.3 is 0 Å². The summed E-state index contributed by atoms with van der Waals surface area (Å²) < 4.78 is 26.1. The average Bonchev–Trinajstić information content (AvgIpc) is 2.80. The van der Waals surface area contributed by atoms with Crippen molar-refractivity contribution in [2.75, 3.05) is 39.4 Å². The number of halogens is 1. The molecule has 0 saturated carbocycles. The van der Waals surface area contributed by atoms with E-state index in [9.17, 15) is 14.0 Å². The highest BCUT2D eigenvalue weighted by molar-refractivity contribution is 6.42. The van der Waals surface area contributed by atoms with E-state index in [0.717, 1.165) is 70.6 Å². The van der Waals surface area contributed by atoms with E-state index in [0.29, 0.717) is 19.8 Å². The first-order valence-corrected chi connectivity index (χ1v) is 11.6. The van der Waals surface area contributed by atoms with E-state index in [-0.39, 0.29) is 22.5 Å². The van der Waals surface area contributed by atoms with Crippen LogP contribution < -0.4 is 14.8 Å². The molecule has 0 atom stereocenters. The van der Waals surface area contributed by atoms with Crippen molar-refractivity contribution in [1.29, 1.82) is 0 Å². The number of rotatable bonds is 12. The molecule has 0 unspecified atom stereocenters. The largest absolute Gasteiger partial charge is 0.490 e. The number of hydrogen-bond donors (Lipinski definition) is 1. The molecule has 0 aliphatic carbocycles. The normalized spacial score (nSPS) is 22.2. The molecule has 1 N–H and O–H groups in total. The van der Waals surface area contributed by atoms with Crippen LogP contribution in [0.5, 0.6) is 11.5 Å². The number of fused-ring (bicyclic) bond motifs is 3. The van der Waals surface area contributed by atoms with Crippen LogP contribution in [0.25, 0.3) is 0 Å². The van der Waals surface area contributed by atoms with Gasteiger partial charge in [0.2, 0.25) is 5.78 Å². The second kappa shape index (κ2) is 10.9. The van der Waals surface area contributed by atoms with Gasteiger partial charge in [-0.1, -0.05) is 26.7 Å². The van der Waals surface area contributed by atoms with E-state index in [1.165, 1.54) is 6.07 Å². The first-order valence-electron chi connectivity index (χ1n) is 11.6. The van der Waals surface area contributed by atoms with Crippen LogP contribution in [0.3, 0.4) is 0 Å². The van der Waals surface area contributed by atoms with Crippen LogP contribution in [0.1, 0.15) is 69.2 Å². The van der Waals surface area contributed by atoms with Crippen molar-refractivity contribution >= 4 is 11.7 Å². The van der Waals surface area contributed by atoms with Crippen LogP contribution in [-0.2, 0) is 4.79 Å². The van der Waals surface area contributed by atoms with Crippen molar-refractivity contribution < 1.29 is 23.5 Å². The highest BCUT2D eigenvalue weighted by atomic mass is 19.1. The monoisotopic (exact) mass is 434 g/mol. The molecule has 2 bridgehead atoms. The van der Waals surface area contributed by atoms with E-state index in [1.54, 1.807) is 0 Å². The van der Waals surface area contributed by atoms with E-state index in [1.807, 2.05) is 13.8 Å². The van der Waals surface area contributed by atoms with Gasteiger partial charge < -0.3 is 19.7 Å². The Labute approximate surface area is 184 Å². The Hall–Kier alpha value is -2.15. The third-order valence-electron chi connectivity index (χ3n) is 6.48. The third-order valence-corrected chi connectivity index (χ3v) is 6.48. The van der Waals surface area contributed by atoms with Crippen LogP contribution in [0.2, 0.25) is 0 Å². The number of carbonyl (C=O) groups excluding carboxylic acids is 2. The molecule has 3 saturated heterocycles. The predicted octanol–water partition coefficient (Wildman–Crippen LogP) is 3.97. The number of piperidine rings is 3. The van der Waals surface area contributed by atoms with Crippen LogP contribution >= 0.6 is 0 Å². The smallest absolute Gasteiger partial charge is 0.292 e. The molecule has 3 aliphatic heterocycles. The topological polar surface area (TPSA) is 67.9 Å². The van der Waals surface area contributed by atoms with E-state index in [4.69, 9.17) is 9.47 Å². The highest BCUT2D eigenvalue weighted by Crippen LogP contribution is 2.39. The average molecular weight is 435 g/mol. The summed E-state index contributed by atoms with van der Waals surface area (Å²) in [7, 11) is 0. The van der Waals surface area contributed by atoms with Crippen molar-refractivity contribution in [2.24, 2.45) is 5.41 Å². The molecule has 0 aromatic heterocycles. The Morgan fingerprint density at radius 1 is 1.03 bits per heavy atom. The SMILES string of the molecule is CCCCOc1cc(C(=O)C(=O)NCC23CCN(CC2)CC3)cc(F)c1OCCCC.